The van der Waals surface area contributed by atoms with E-state index in [0.717, 1.165) is 72.9 Å². The summed E-state index contributed by atoms with van der Waals surface area (Å²) in [4.78, 5) is 17.4. The molecule has 6 rings (SSSR count). The normalized spacial score (nSPS) is 11.2. The van der Waals surface area contributed by atoms with E-state index in [9.17, 15) is 4.79 Å². The van der Waals surface area contributed by atoms with Crippen molar-refractivity contribution in [1.82, 2.24) is 39.8 Å². The predicted octanol–water partition coefficient (Wildman–Crippen LogP) is 6.55. The van der Waals surface area contributed by atoms with Crippen LogP contribution in [0.15, 0.2) is 109 Å². The van der Waals surface area contributed by atoms with E-state index in [2.05, 4.69) is 79.9 Å². The van der Waals surface area contributed by atoms with Crippen LogP contribution in [-0.4, -0.2) is 100 Å². The number of nitrogens with zero attached hydrogens (tertiary/aromatic N) is 8. The first-order valence-corrected chi connectivity index (χ1v) is 17.4. The molecule has 13 heteroatoms. The second kappa shape index (κ2) is 17.2. The van der Waals surface area contributed by atoms with E-state index >= 15 is 0 Å². The number of aromatic nitrogens is 6. The smallest absolute Gasteiger partial charge is 0.323 e. The number of carbonyl (C=O) groups is 1. The van der Waals surface area contributed by atoms with Crippen LogP contribution < -0.4 is 21.3 Å². The largest absolute Gasteiger partial charge is 0.385 e. The Morgan fingerprint density at radius 3 is 1.40 bits per heavy atom. The van der Waals surface area contributed by atoms with Gasteiger partial charge in [-0.15, -0.1) is 10.2 Å². The molecule has 6 aromatic rings. The second-order valence-electron chi connectivity index (χ2n) is 13.1. The number of rotatable bonds is 16. The Kier molecular flexibility index (Phi) is 11.9. The van der Waals surface area contributed by atoms with Gasteiger partial charge in [0, 0.05) is 47.0 Å². The van der Waals surface area contributed by atoms with E-state index in [-0.39, 0.29) is 6.03 Å². The van der Waals surface area contributed by atoms with Crippen LogP contribution in [-0.2, 0) is 0 Å². The molecule has 4 aromatic carbocycles. The van der Waals surface area contributed by atoms with Crippen LogP contribution in [0.2, 0.25) is 0 Å². The van der Waals surface area contributed by atoms with Crippen molar-refractivity contribution in [3.05, 3.63) is 109 Å². The zero-order valence-corrected chi connectivity index (χ0v) is 30.1. The summed E-state index contributed by atoms with van der Waals surface area (Å²) in [5.74, 6) is 0. The summed E-state index contributed by atoms with van der Waals surface area (Å²) in [7, 11) is 8.32. The molecule has 0 fully saturated rings. The van der Waals surface area contributed by atoms with Crippen LogP contribution in [0, 0.1) is 0 Å². The molecular formula is C39H46N12O. The molecule has 0 radical (unpaired) electrons. The molecule has 268 valence electrons. The molecule has 2 amide bonds. The zero-order valence-electron chi connectivity index (χ0n) is 30.1. The molecule has 52 heavy (non-hydrogen) atoms. The van der Waals surface area contributed by atoms with Gasteiger partial charge in [0.15, 0.2) is 0 Å². The zero-order chi connectivity index (χ0) is 36.3. The van der Waals surface area contributed by atoms with Gasteiger partial charge in [-0.2, -0.15) is 0 Å². The van der Waals surface area contributed by atoms with Gasteiger partial charge in [-0.25, -0.2) is 14.2 Å². The summed E-state index contributed by atoms with van der Waals surface area (Å²) in [5, 5.41) is 30.2. The molecule has 0 atom stereocenters. The van der Waals surface area contributed by atoms with E-state index in [1.54, 1.807) is 9.36 Å². The molecule has 0 saturated heterocycles. The third-order valence-corrected chi connectivity index (χ3v) is 8.31. The number of carbonyl (C=O) groups excluding carboxylic acids is 1. The number of urea groups is 1. The van der Waals surface area contributed by atoms with E-state index in [0.29, 0.717) is 22.8 Å². The highest BCUT2D eigenvalue weighted by molar-refractivity contribution is 6.00. The molecule has 0 bridgehead atoms. The number of anilines is 4. The quantitative estimate of drug-likeness (QED) is 0.0831. The molecule has 0 aliphatic carbocycles. The lowest BCUT2D eigenvalue weighted by Crippen LogP contribution is -2.19. The minimum absolute atomic E-state index is 0.368. The summed E-state index contributed by atoms with van der Waals surface area (Å²) in [6.45, 7) is 3.91. The van der Waals surface area contributed by atoms with E-state index < -0.39 is 0 Å². The monoisotopic (exact) mass is 698 g/mol. The number of hydrogen-bond donors (Lipinski definition) is 4. The van der Waals surface area contributed by atoms with E-state index in [1.807, 2.05) is 109 Å². The van der Waals surface area contributed by atoms with Crippen molar-refractivity contribution in [1.29, 1.82) is 0 Å². The summed E-state index contributed by atoms with van der Waals surface area (Å²) in [6.07, 6.45) is 5.90. The third-order valence-electron chi connectivity index (χ3n) is 8.31. The number of nitrogens with one attached hydrogen (secondary N) is 4. The third kappa shape index (κ3) is 10.0. The average molecular weight is 699 g/mol. The van der Waals surface area contributed by atoms with Gasteiger partial charge in [-0.3, -0.25) is 0 Å². The fraction of sp³-hybridized carbons (Fsp3) is 0.256. The predicted molar refractivity (Wildman–Crippen MR) is 210 cm³/mol. The summed E-state index contributed by atoms with van der Waals surface area (Å²) < 4.78 is 3.48. The van der Waals surface area contributed by atoms with Gasteiger partial charge >= 0.3 is 6.03 Å². The van der Waals surface area contributed by atoms with Crippen molar-refractivity contribution in [2.24, 2.45) is 0 Å². The molecule has 0 unspecified atom stereocenters. The van der Waals surface area contributed by atoms with Crippen LogP contribution in [0.4, 0.5) is 27.5 Å². The van der Waals surface area contributed by atoms with Crippen molar-refractivity contribution in [2.45, 2.75) is 12.8 Å². The minimum Gasteiger partial charge on any atom is -0.385 e. The van der Waals surface area contributed by atoms with Crippen LogP contribution in [0.5, 0.6) is 0 Å². The number of benzene rings is 4. The van der Waals surface area contributed by atoms with Crippen LogP contribution in [0.3, 0.4) is 0 Å². The van der Waals surface area contributed by atoms with Crippen LogP contribution >= 0.6 is 0 Å². The molecule has 0 aliphatic rings. The Morgan fingerprint density at radius 1 is 0.577 bits per heavy atom. The first-order chi connectivity index (χ1) is 25.3. The Balaban J connectivity index is 1.03. The molecular weight excluding hydrogens is 653 g/mol. The summed E-state index contributed by atoms with van der Waals surface area (Å²) >= 11 is 0. The van der Waals surface area contributed by atoms with Gasteiger partial charge < -0.3 is 31.1 Å². The van der Waals surface area contributed by atoms with Crippen molar-refractivity contribution in [2.75, 3.05) is 75.6 Å². The molecule has 4 N–H and O–H groups in total. The first-order valence-electron chi connectivity index (χ1n) is 17.4. The van der Waals surface area contributed by atoms with Gasteiger partial charge in [0.05, 0.1) is 23.8 Å². The Labute approximate surface area is 304 Å². The highest BCUT2D eigenvalue weighted by Crippen LogP contribution is 2.24. The Bertz CT molecular complexity index is 1890. The number of hydrogen-bond acceptors (Lipinski definition) is 9. The maximum atomic E-state index is 13.0. The fourth-order valence-corrected chi connectivity index (χ4v) is 5.57. The van der Waals surface area contributed by atoms with Gasteiger partial charge in [0.25, 0.3) is 0 Å². The van der Waals surface area contributed by atoms with Gasteiger partial charge in [-0.05, 0) is 127 Å². The molecule has 0 saturated carbocycles. The van der Waals surface area contributed by atoms with E-state index in [1.165, 1.54) is 0 Å². The van der Waals surface area contributed by atoms with E-state index in [4.69, 9.17) is 0 Å². The van der Waals surface area contributed by atoms with Crippen molar-refractivity contribution in [3.63, 3.8) is 0 Å². The van der Waals surface area contributed by atoms with Crippen LogP contribution in [0.1, 0.15) is 12.8 Å². The fourth-order valence-electron chi connectivity index (χ4n) is 5.57. The molecule has 2 aromatic heterocycles. The average Bonchev–Trinajstić information content (AvgIpc) is 3.84. The van der Waals surface area contributed by atoms with Crippen molar-refractivity contribution < 1.29 is 4.79 Å². The Morgan fingerprint density at radius 2 is 1.00 bits per heavy atom. The maximum absolute atomic E-state index is 13.0. The minimum atomic E-state index is -0.368. The topological polar surface area (TPSA) is 133 Å². The highest BCUT2D eigenvalue weighted by atomic mass is 16.2. The lowest BCUT2D eigenvalue weighted by atomic mass is 10.1. The lowest BCUT2D eigenvalue weighted by Gasteiger charge is -2.11. The molecule has 2 heterocycles. The second-order valence-corrected chi connectivity index (χ2v) is 13.1. The first kappa shape index (κ1) is 35.8. The molecule has 13 nitrogen and oxygen atoms in total. The maximum Gasteiger partial charge on any atom is 0.323 e. The Hall–Kier alpha value is -6.05. The standard InChI is InChI=1S/C39H46N12O/c1-48(2)23-7-21-40-31-13-17-35(18-14-31)50-27-37(44-46-50)29-9-5-11-33(25-29)42-39(52)43-34-12-6-10-30(26-34)38-28-51(47-45-38)36-19-15-32(16-20-36)41-22-8-24-49(3)4/h5-6,9-20,25-28,40-41H,7-8,21-24H2,1-4H3,(H2,42,43,52). The lowest BCUT2D eigenvalue weighted by molar-refractivity contribution is 0.262. The van der Waals surface area contributed by atoms with Crippen molar-refractivity contribution in [3.8, 4) is 33.9 Å². The van der Waals surface area contributed by atoms with Gasteiger partial charge in [0.1, 0.15) is 11.4 Å². The SMILES string of the molecule is CN(C)CCCNc1ccc(-n2cc(-c3cccc(NC(=O)Nc4cccc(-c5cn(-c6ccc(NCCCN(C)C)cc6)nn5)c4)c3)nn2)cc1. The number of amides is 2. The van der Waals surface area contributed by atoms with Crippen LogP contribution in [0.25, 0.3) is 33.9 Å². The van der Waals surface area contributed by atoms with Gasteiger partial charge in [0.2, 0.25) is 0 Å². The summed E-state index contributed by atoms with van der Waals surface area (Å²) in [5.41, 5.74) is 8.25. The summed E-state index contributed by atoms with van der Waals surface area (Å²) in [6, 6.07) is 30.9. The highest BCUT2D eigenvalue weighted by Gasteiger charge is 2.11. The van der Waals surface area contributed by atoms with Gasteiger partial charge in [-0.1, -0.05) is 34.7 Å². The van der Waals surface area contributed by atoms with Crippen molar-refractivity contribution >= 4 is 28.8 Å². The molecule has 0 aliphatic heterocycles. The molecule has 0 spiro atoms.